The van der Waals surface area contributed by atoms with E-state index in [1.807, 2.05) is 18.2 Å². The molecule has 0 nitrogen and oxygen atoms in total. The summed E-state index contributed by atoms with van der Waals surface area (Å²) in [7, 11) is 0. The molecule has 0 N–H and O–H groups in total. The Kier molecular flexibility index (Phi) is 4.96. The van der Waals surface area contributed by atoms with E-state index in [1.165, 1.54) is 5.56 Å². The predicted molar refractivity (Wildman–Crippen MR) is 61.1 cm³/mol. The molecule has 0 saturated heterocycles. The molecule has 0 aromatic heterocycles. The Morgan fingerprint density at radius 1 is 1.31 bits per heavy atom. The summed E-state index contributed by atoms with van der Waals surface area (Å²) in [6, 6.07) is 5.65. The quantitative estimate of drug-likeness (QED) is 0.730. The molecule has 0 aliphatic heterocycles. The van der Waals surface area contributed by atoms with Crippen molar-refractivity contribution in [1.29, 1.82) is 0 Å². The average Bonchev–Trinajstić information content (AvgIpc) is 2.17. The topological polar surface area (TPSA) is 0 Å². The Morgan fingerprint density at radius 2 is 2.08 bits per heavy atom. The lowest BCUT2D eigenvalue weighted by Gasteiger charge is -2.04. The molecule has 0 unspecified atom stereocenters. The minimum absolute atomic E-state index is 0.380. The van der Waals surface area contributed by atoms with Crippen molar-refractivity contribution < 1.29 is 4.39 Å². The summed E-state index contributed by atoms with van der Waals surface area (Å²) in [6.45, 7) is -0.380. The van der Waals surface area contributed by atoms with Gasteiger partial charge in [-0.05, 0) is 30.0 Å². The number of rotatable bonds is 4. The van der Waals surface area contributed by atoms with Crippen molar-refractivity contribution >= 4 is 31.9 Å². The molecule has 0 radical (unpaired) electrons. The van der Waals surface area contributed by atoms with Gasteiger partial charge in [0.15, 0.2) is 0 Å². The standard InChI is InChI=1S/C10H11Br2F/c11-5-1-2-9-6-8(7-13)3-4-10(9)12/h3-4,6H,1-2,5,7H2. The molecule has 0 heterocycles. The molecule has 13 heavy (non-hydrogen) atoms. The van der Waals surface area contributed by atoms with E-state index >= 15 is 0 Å². The molecule has 0 saturated carbocycles. The normalized spacial score (nSPS) is 10.4. The van der Waals surface area contributed by atoms with Gasteiger partial charge in [0.2, 0.25) is 0 Å². The van der Waals surface area contributed by atoms with Crippen LogP contribution in [0.1, 0.15) is 17.5 Å². The summed E-state index contributed by atoms with van der Waals surface area (Å²) in [6.07, 6.45) is 2.06. The first kappa shape index (κ1) is 11.2. The van der Waals surface area contributed by atoms with Gasteiger partial charge in [-0.2, -0.15) is 0 Å². The van der Waals surface area contributed by atoms with Crippen molar-refractivity contribution in [3.8, 4) is 0 Å². The van der Waals surface area contributed by atoms with Crippen LogP contribution < -0.4 is 0 Å². The second-order valence-electron chi connectivity index (χ2n) is 2.85. The highest BCUT2D eigenvalue weighted by Gasteiger charge is 2.01. The summed E-state index contributed by atoms with van der Waals surface area (Å²) in [5.74, 6) is 0. The maximum absolute atomic E-state index is 12.3. The predicted octanol–water partition coefficient (Wildman–Crippen LogP) is 4.25. The third-order valence-electron chi connectivity index (χ3n) is 1.84. The molecule has 0 bridgehead atoms. The first-order valence-electron chi connectivity index (χ1n) is 4.17. The van der Waals surface area contributed by atoms with Crippen LogP contribution in [0.5, 0.6) is 0 Å². The van der Waals surface area contributed by atoms with Gasteiger partial charge in [0.1, 0.15) is 6.67 Å². The van der Waals surface area contributed by atoms with Crippen LogP contribution in [0, 0.1) is 0 Å². The van der Waals surface area contributed by atoms with Crippen molar-refractivity contribution in [1.82, 2.24) is 0 Å². The zero-order valence-corrected chi connectivity index (χ0v) is 10.4. The lowest BCUT2D eigenvalue weighted by Crippen LogP contribution is -1.90. The molecular formula is C10H11Br2F. The van der Waals surface area contributed by atoms with Crippen LogP contribution in [0.25, 0.3) is 0 Å². The summed E-state index contributed by atoms with van der Waals surface area (Å²) < 4.78 is 13.4. The fourth-order valence-electron chi connectivity index (χ4n) is 1.16. The van der Waals surface area contributed by atoms with Crippen LogP contribution in [0.4, 0.5) is 4.39 Å². The average molecular weight is 310 g/mol. The van der Waals surface area contributed by atoms with Crippen LogP contribution >= 0.6 is 31.9 Å². The molecule has 0 atom stereocenters. The molecule has 1 aromatic rings. The number of alkyl halides is 2. The second-order valence-corrected chi connectivity index (χ2v) is 4.50. The molecule has 1 rings (SSSR count). The van der Waals surface area contributed by atoms with E-state index in [4.69, 9.17) is 0 Å². The molecule has 0 spiro atoms. The van der Waals surface area contributed by atoms with E-state index in [9.17, 15) is 4.39 Å². The first-order valence-corrected chi connectivity index (χ1v) is 6.08. The van der Waals surface area contributed by atoms with Gasteiger partial charge in [-0.25, -0.2) is 4.39 Å². The summed E-state index contributed by atoms with van der Waals surface area (Å²) in [4.78, 5) is 0. The zero-order valence-electron chi connectivity index (χ0n) is 7.19. The Balaban J connectivity index is 2.78. The van der Waals surface area contributed by atoms with Gasteiger partial charge in [-0.1, -0.05) is 44.0 Å². The van der Waals surface area contributed by atoms with E-state index in [-0.39, 0.29) is 6.67 Å². The fourth-order valence-corrected chi connectivity index (χ4v) is 1.89. The molecule has 72 valence electrons. The number of aryl methyl sites for hydroxylation is 1. The van der Waals surface area contributed by atoms with Gasteiger partial charge in [0.25, 0.3) is 0 Å². The van der Waals surface area contributed by atoms with Gasteiger partial charge in [-0.15, -0.1) is 0 Å². The smallest absolute Gasteiger partial charge is 0.115 e. The first-order chi connectivity index (χ1) is 6.27. The van der Waals surface area contributed by atoms with Gasteiger partial charge in [-0.3, -0.25) is 0 Å². The van der Waals surface area contributed by atoms with Crippen molar-refractivity contribution in [3.63, 3.8) is 0 Å². The van der Waals surface area contributed by atoms with Crippen LogP contribution in [-0.2, 0) is 13.1 Å². The number of benzene rings is 1. The third kappa shape index (κ3) is 3.39. The summed E-state index contributed by atoms with van der Waals surface area (Å²) >= 11 is 6.83. The monoisotopic (exact) mass is 308 g/mol. The largest absolute Gasteiger partial charge is 0.246 e. The van der Waals surface area contributed by atoms with Crippen molar-refractivity contribution in [2.24, 2.45) is 0 Å². The summed E-state index contributed by atoms with van der Waals surface area (Å²) in [5, 5.41) is 0.985. The zero-order chi connectivity index (χ0) is 9.68. The number of hydrogen-bond donors (Lipinski definition) is 0. The van der Waals surface area contributed by atoms with Crippen molar-refractivity contribution in [3.05, 3.63) is 33.8 Å². The number of halogens is 3. The molecule has 0 aliphatic rings. The number of hydrogen-bond acceptors (Lipinski definition) is 0. The van der Waals surface area contributed by atoms with E-state index in [0.29, 0.717) is 0 Å². The van der Waals surface area contributed by atoms with Crippen molar-refractivity contribution in [2.45, 2.75) is 19.5 Å². The second kappa shape index (κ2) is 5.76. The SMILES string of the molecule is FCc1ccc(Br)c(CCCBr)c1. The Hall–Kier alpha value is 0.110. The highest BCUT2D eigenvalue weighted by molar-refractivity contribution is 9.10. The van der Waals surface area contributed by atoms with E-state index in [2.05, 4.69) is 31.9 Å². The van der Waals surface area contributed by atoms with E-state index in [1.54, 1.807) is 0 Å². The van der Waals surface area contributed by atoms with Crippen LogP contribution in [0.15, 0.2) is 22.7 Å². The highest BCUT2D eigenvalue weighted by Crippen LogP contribution is 2.20. The molecule has 3 heteroatoms. The molecule has 0 amide bonds. The van der Waals surface area contributed by atoms with E-state index < -0.39 is 0 Å². The van der Waals surface area contributed by atoms with Crippen molar-refractivity contribution in [2.75, 3.05) is 5.33 Å². The third-order valence-corrected chi connectivity index (χ3v) is 3.18. The van der Waals surface area contributed by atoms with Gasteiger partial charge >= 0.3 is 0 Å². The lowest BCUT2D eigenvalue weighted by atomic mass is 10.1. The molecule has 0 fully saturated rings. The van der Waals surface area contributed by atoms with Crippen LogP contribution in [0.2, 0.25) is 0 Å². The Labute approximate surface area is 94.8 Å². The van der Waals surface area contributed by atoms with Crippen LogP contribution in [-0.4, -0.2) is 5.33 Å². The van der Waals surface area contributed by atoms with Crippen LogP contribution in [0.3, 0.4) is 0 Å². The Morgan fingerprint density at radius 3 is 2.69 bits per heavy atom. The lowest BCUT2D eigenvalue weighted by molar-refractivity contribution is 0.485. The van der Waals surface area contributed by atoms with Gasteiger partial charge in [0.05, 0.1) is 0 Å². The maximum Gasteiger partial charge on any atom is 0.115 e. The summed E-state index contributed by atoms with van der Waals surface area (Å²) in [5.41, 5.74) is 1.95. The van der Waals surface area contributed by atoms with E-state index in [0.717, 1.165) is 28.2 Å². The minimum atomic E-state index is -0.380. The molecule has 0 aliphatic carbocycles. The fraction of sp³-hybridized carbons (Fsp3) is 0.400. The molecular weight excluding hydrogens is 299 g/mol. The van der Waals surface area contributed by atoms with Gasteiger partial charge in [0, 0.05) is 9.80 Å². The highest BCUT2D eigenvalue weighted by atomic mass is 79.9. The maximum atomic E-state index is 12.3. The Bertz CT molecular complexity index is 274. The molecule has 1 aromatic carbocycles. The minimum Gasteiger partial charge on any atom is -0.246 e. The van der Waals surface area contributed by atoms with Gasteiger partial charge < -0.3 is 0 Å².